The highest BCUT2D eigenvalue weighted by atomic mass is 35.5. The SMILES string of the molecule is CCNC(=O)[C@H](CC)N(Cc1ccc(Cl)cc1Cl)C(=O)CCCN(c1ccccc1)S(C)(=O)=O. The number of amides is 2. The van der Waals surface area contributed by atoms with E-state index in [1.165, 1.54) is 9.21 Å². The summed E-state index contributed by atoms with van der Waals surface area (Å²) >= 11 is 12.3. The average Bonchev–Trinajstić information content (AvgIpc) is 2.77. The molecule has 1 atom stereocenters. The van der Waals surface area contributed by atoms with Gasteiger partial charge in [0, 0.05) is 36.1 Å². The van der Waals surface area contributed by atoms with Crippen molar-refractivity contribution in [1.82, 2.24) is 10.2 Å². The van der Waals surface area contributed by atoms with Crippen LogP contribution in [0.1, 0.15) is 38.7 Å². The molecule has 34 heavy (non-hydrogen) atoms. The maximum Gasteiger partial charge on any atom is 0.242 e. The molecular formula is C24H31Cl2N3O4S. The van der Waals surface area contributed by atoms with Gasteiger partial charge in [-0.05, 0) is 49.6 Å². The van der Waals surface area contributed by atoms with E-state index in [-0.39, 0.29) is 37.7 Å². The number of carbonyl (C=O) groups is 2. The number of hydrogen-bond acceptors (Lipinski definition) is 4. The summed E-state index contributed by atoms with van der Waals surface area (Å²) in [5, 5.41) is 3.66. The largest absolute Gasteiger partial charge is 0.355 e. The van der Waals surface area contributed by atoms with Crippen LogP contribution in [-0.4, -0.2) is 50.5 Å². The van der Waals surface area contributed by atoms with Crippen LogP contribution in [0.15, 0.2) is 48.5 Å². The van der Waals surface area contributed by atoms with Crippen LogP contribution in [0.25, 0.3) is 0 Å². The number of hydrogen-bond donors (Lipinski definition) is 1. The lowest BCUT2D eigenvalue weighted by atomic mass is 10.1. The quantitative estimate of drug-likeness (QED) is 0.440. The number of benzene rings is 2. The fraction of sp³-hybridized carbons (Fsp3) is 0.417. The van der Waals surface area contributed by atoms with E-state index in [0.29, 0.717) is 34.3 Å². The Balaban J connectivity index is 2.22. The number of sulfonamides is 1. The molecule has 0 unspecified atom stereocenters. The molecule has 0 saturated carbocycles. The molecule has 0 radical (unpaired) electrons. The summed E-state index contributed by atoms with van der Waals surface area (Å²) in [5.74, 6) is -0.504. The second-order valence-electron chi connectivity index (χ2n) is 7.85. The van der Waals surface area contributed by atoms with Gasteiger partial charge >= 0.3 is 0 Å². The lowest BCUT2D eigenvalue weighted by molar-refractivity contribution is -0.141. The van der Waals surface area contributed by atoms with Crippen LogP contribution in [0.3, 0.4) is 0 Å². The van der Waals surface area contributed by atoms with Gasteiger partial charge in [0.2, 0.25) is 21.8 Å². The standard InChI is InChI=1S/C24H31Cl2N3O4S/c1-4-22(24(31)27-5-2)28(17-18-13-14-19(25)16-21(18)26)23(30)12-9-15-29(34(3,32)33)20-10-7-6-8-11-20/h6-8,10-11,13-14,16,22H,4-5,9,12,15,17H2,1-3H3,(H,27,31)/t22-/m0/s1. The molecule has 7 nitrogen and oxygen atoms in total. The third kappa shape index (κ3) is 7.89. The summed E-state index contributed by atoms with van der Waals surface area (Å²) in [4.78, 5) is 27.5. The van der Waals surface area contributed by atoms with Crippen molar-refractivity contribution in [1.29, 1.82) is 0 Å². The summed E-state index contributed by atoms with van der Waals surface area (Å²) in [6, 6.07) is 13.1. The first-order valence-electron chi connectivity index (χ1n) is 11.1. The molecule has 0 aliphatic heterocycles. The van der Waals surface area contributed by atoms with Crippen molar-refractivity contribution in [2.75, 3.05) is 23.7 Å². The van der Waals surface area contributed by atoms with Crippen molar-refractivity contribution in [2.45, 2.75) is 45.7 Å². The molecule has 186 valence electrons. The van der Waals surface area contributed by atoms with Gasteiger partial charge in [0.05, 0.1) is 11.9 Å². The van der Waals surface area contributed by atoms with E-state index < -0.39 is 16.1 Å². The van der Waals surface area contributed by atoms with Gasteiger partial charge in [-0.25, -0.2) is 8.42 Å². The van der Waals surface area contributed by atoms with Gasteiger partial charge in [-0.3, -0.25) is 13.9 Å². The van der Waals surface area contributed by atoms with E-state index in [1.54, 1.807) is 48.5 Å². The van der Waals surface area contributed by atoms with Crippen molar-refractivity contribution in [3.05, 3.63) is 64.1 Å². The van der Waals surface area contributed by atoms with Crippen LogP contribution in [0.5, 0.6) is 0 Å². The molecule has 2 aromatic carbocycles. The lowest BCUT2D eigenvalue weighted by Crippen LogP contribution is -2.49. The Kier molecular flexibility index (Phi) is 10.7. The third-order valence-corrected chi connectivity index (χ3v) is 7.07. The molecule has 2 amide bonds. The monoisotopic (exact) mass is 527 g/mol. The summed E-state index contributed by atoms with van der Waals surface area (Å²) in [6.07, 6.45) is 1.92. The molecule has 0 aliphatic carbocycles. The number of carbonyl (C=O) groups excluding carboxylic acids is 2. The molecule has 0 aliphatic rings. The summed E-state index contributed by atoms with van der Waals surface area (Å²) < 4.78 is 25.9. The Morgan fingerprint density at radius 1 is 1.06 bits per heavy atom. The smallest absolute Gasteiger partial charge is 0.242 e. The highest BCUT2D eigenvalue weighted by Gasteiger charge is 2.29. The Bertz CT molecular complexity index is 1080. The first-order chi connectivity index (χ1) is 16.1. The highest BCUT2D eigenvalue weighted by molar-refractivity contribution is 7.92. The van der Waals surface area contributed by atoms with Crippen molar-refractivity contribution in [3.63, 3.8) is 0 Å². The Morgan fingerprint density at radius 3 is 2.29 bits per heavy atom. The third-order valence-electron chi connectivity index (χ3n) is 5.29. The predicted molar refractivity (Wildman–Crippen MR) is 138 cm³/mol. The topological polar surface area (TPSA) is 86.8 Å². The maximum absolute atomic E-state index is 13.3. The van der Waals surface area contributed by atoms with Gasteiger partial charge in [0.15, 0.2) is 0 Å². The van der Waals surface area contributed by atoms with Gasteiger partial charge in [-0.1, -0.05) is 54.4 Å². The van der Waals surface area contributed by atoms with Gasteiger partial charge in [0.1, 0.15) is 6.04 Å². The fourth-order valence-electron chi connectivity index (χ4n) is 3.64. The maximum atomic E-state index is 13.3. The van der Waals surface area contributed by atoms with Crippen molar-refractivity contribution < 1.29 is 18.0 Å². The van der Waals surface area contributed by atoms with Crippen molar-refractivity contribution in [3.8, 4) is 0 Å². The van der Waals surface area contributed by atoms with E-state index in [2.05, 4.69) is 5.32 Å². The number of halogens is 2. The minimum Gasteiger partial charge on any atom is -0.355 e. The van der Waals surface area contributed by atoms with E-state index in [9.17, 15) is 18.0 Å². The lowest BCUT2D eigenvalue weighted by Gasteiger charge is -2.31. The number of likely N-dealkylation sites (N-methyl/N-ethyl adjacent to an activating group) is 1. The Labute approximate surface area is 212 Å². The van der Waals surface area contributed by atoms with Crippen LogP contribution < -0.4 is 9.62 Å². The fourth-order valence-corrected chi connectivity index (χ4v) is 5.08. The zero-order valence-electron chi connectivity index (χ0n) is 19.6. The number of nitrogens with zero attached hydrogens (tertiary/aromatic N) is 2. The Morgan fingerprint density at radius 2 is 1.74 bits per heavy atom. The van der Waals surface area contributed by atoms with Crippen molar-refractivity contribution >= 4 is 50.7 Å². The molecule has 0 bridgehead atoms. The first kappa shape index (κ1) is 28.0. The van der Waals surface area contributed by atoms with Crippen LogP contribution in [-0.2, 0) is 26.2 Å². The van der Waals surface area contributed by atoms with Crippen molar-refractivity contribution in [2.24, 2.45) is 0 Å². The van der Waals surface area contributed by atoms with E-state index in [1.807, 2.05) is 13.8 Å². The number of nitrogens with one attached hydrogen (secondary N) is 1. The second-order valence-corrected chi connectivity index (χ2v) is 10.6. The van der Waals surface area contributed by atoms with E-state index in [4.69, 9.17) is 23.2 Å². The zero-order valence-corrected chi connectivity index (χ0v) is 22.0. The number of rotatable bonds is 12. The molecule has 0 saturated heterocycles. The van der Waals surface area contributed by atoms with Crippen LogP contribution >= 0.6 is 23.2 Å². The molecule has 0 heterocycles. The molecule has 0 spiro atoms. The zero-order chi connectivity index (χ0) is 25.3. The predicted octanol–water partition coefficient (Wildman–Crippen LogP) is 4.48. The van der Waals surface area contributed by atoms with Crippen LogP contribution in [0, 0.1) is 0 Å². The van der Waals surface area contributed by atoms with Crippen LogP contribution in [0.2, 0.25) is 10.0 Å². The highest BCUT2D eigenvalue weighted by Crippen LogP contribution is 2.24. The molecule has 2 rings (SSSR count). The molecule has 10 heteroatoms. The van der Waals surface area contributed by atoms with E-state index in [0.717, 1.165) is 6.26 Å². The van der Waals surface area contributed by atoms with Gasteiger partial charge in [-0.15, -0.1) is 0 Å². The van der Waals surface area contributed by atoms with Gasteiger partial charge in [0.25, 0.3) is 0 Å². The molecule has 2 aromatic rings. The average molecular weight is 529 g/mol. The molecular weight excluding hydrogens is 497 g/mol. The summed E-state index contributed by atoms with van der Waals surface area (Å²) in [5.41, 5.74) is 1.21. The Hall–Kier alpha value is -2.29. The number of para-hydroxylation sites is 1. The second kappa shape index (κ2) is 13.0. The minimum atomic E-state index is -3.52. The van der Waals surface area contributed by atoms with Gasteiger partial charge < -0.3 is 10.2 Å². The molecule has 1 N–H and O–H groups in total. The summed E-state index contributed by atoms with van der Waals surface area (Å²) in [7, 11) is -3.52. The first-order valence-corrected chi connectivity index (χ1v) is 13.7. The minimum absolute atomic E-state index is 0.0694. The van der Waals surface area contributed by atoms with Gasteiger partial charge in [-0.2, -0.15) is 0 Å². The molecule has 0 aromatic heterocycles. The van der Waals surface area contributed by atoms with E-state index >= 15 is 0 Å². The number of anilines is 1. The summed E-state index contributed by atoms with van der Waals surface area (Å²) in [6.45, 7) is 4.38. The normalized spacial score (nSPS) is 12.1. The molecule has 0 fully saturated rings. The van der Waals surface area contributed by atoms with Crippen LogP contribution in [0.4, 0.5) is 5.69 Å².